The van der Waals surface area contributed by atoms with Gasteiger partial charge in [0, 0.05) is 26.2 Å². The maximum absolute atomic E-state index is 11.9. The third kappa shape index (κ3) is 4.78. The van der Waals surface area contributed by atoms with Crippen molar-refractivity contribution in [2.75, 3.05) is 46.4 Å². The highest BCUT2D eigenvalue weighted by molar-refractivity contribution is 5.75. The number of ether oxygens (including phenoxy) is 1. The minimum atomic E-state index is -0.410. The molecule has 0 radical (unpaired) electrons. The Balaban J connectivity index is 2.31. The van der Waals surface area contributed by atoms with Crippen LogP contribution in [0.4, 0.5) is 0 Å². The molecule has 0 aromatic heterocycles. The fraction of sp³-hybridized carbons (Fsp3) is 0.786. The number of nitrogens with zero attached hydrogens (tertiary/aromatic N) is 2. The van der Waals surface area contributed by atoms with Gasteiger partial charge in [-0.25, -0.2) is 0 Å². The molecule has 0 aromatic carbocycles. The molecule has 0 spiro atoms. The third-order valence-corrected chi connectivity index (χ3v) is 3.53. The van der Waals surface area contributed by atoms with Crippen LogP contribution in [0, 0.1) is 5.41 Å². The van der Waals surface area contributed by atoms with Crippen LogP contribution >= 0.6 is 0 Å². The van der Waals surface area contributed by atoms with Crippen molar-refractivity contribution in [3.8, 4) is 0 Å². The van der Waals surface area contributed by atoms with Crippen molar-refractivity contribution in [3.05, 3.63) is 12.7 Å². The van der Waals surface area contributed by atoms with Crippen LogP contribution in [0.1, 0.15) is 20.3 Å². The van der Waals surface area contributed by atoms with Crippen LogP contribution in [0.15, 0.2) is 12.7 Å². The van der Waals surface area contributed by atoms with E-state index in [1.807, 2.05) is 13.8 Å². The maximum Gasteiger partial charge on any atom is 0.311 e. The summed E-state index contributed by atoms with van der Waals surface area (Å²) in [5.74, 6) is -0.128. The van der Waals surface area contributed by atoms with E-state index >= 15 is 0 Å². The second kappa shape index (κ2) is 6.90. The molecule has 0 aromatic rings. The molecule has 18 heavy (non-hydrogen) atoms. The molecule has 0 atom stereocenters. The average Bonchev–Trinajstić information content (AvgIpc) is 2.35. The van der Waals surface area contributed by atoms with Gasteiger partial charge in [-0.2, -0.15) is 0 Å². The van der Waals surface area contributed by atoms with Gasteiger partial charge in [-0.3, -0.25) is 4.79 Å². The highest BCUT2D eigenvalue weighted by atomic mass is 16.5. The summed E-state index contributed by atoms with van der Waals surface area (Å²) in [7, 11) is 2.15. The van der Waals surface area contributed by atoms with Gasteiger partial charge in [0.05, 0.1) is 5.41 Å². The Morgan fingerprint density at radius 1 is 1.33 bits per heavy atom. The van der Waals surface area contributed by atoms with Crippen LogP contribution in [-0.2, 0) is 9.53 Å². The van der Waals surface area contributed by atoms with Gasteiger partial charge in [0.25, 0.3) is 0 Å². The van der Waals surface area contributed by atoms with Gasteiger partial charge >= 0.3 is 5.97 Å². The minimum Gasteiger partial charge on any atom is -0.461 e. The van der Waals surface area contributed by atoms with Crippen molar-refractivity contribution in [3.63, 3.8) is 0 Å². The molecule has 0 amide bonds. The Kier molecular flexibility index (Phi) is 5.82. The molecule has 4 nitrogen and oxygen atoms in total. The van der Waals surface area contributed by atoms with E-state index < -0.39 is 5.41 Å². The fourth-order valence-electron chi connectivity index (χ4n) is 1.94. The summed E-state index contributed by atoms with van der Waals surface area (Å²) in [5, 5.41) is 0. The fourth-order valence-corrected chi connectivity index (χ4v) is 1.94. The highest BCUT2D eigenvalue weighted by Gasteiger charge is 2.29. The molecule has 1 fully saturated rings. The molecule has 1 saturated heterocycles. The summed E-state index contributed by atoms with van der Waals surface area (Å²) >= 11 is 0. The van der Waals surface area contributed by atoms with Gasteiger partial charge in [-0.05, 0) is 33.9 Å². The SMILES string of the molecule is C=CCOC(=O)C(C)(C)CCN1CCN(C)CC1. The van der Waals surface area contributed by atoms with Crippen molar-refractivity contribution in [1.29, 1.82) is 0 Å². The first-order valence-electron chi connectivity index (χ1n) is 6.65. The van der Waals surface area contributed by atoms with E-state index in [1.165, 1.54) is 0 Å². The van der Waals surface area contributed by atoms with Crippen molar-refractivity contribution in [2.45, 2.75) is 20.3 Å². The zero-order valence-corrected chi connectivity index (χ0v) is 11.9. The van der Waals surface area contributed by atoms with Crippen LogP contribution in [0.3, 0.4) is 0 Å². The molecule has 104 valence electrons. The summed E-state index contributed by atoms with van der Waals surface area (Å²) in [5.41, 5.74) is -0.410. The molecule has 1 aliphatic rings. The largest absolute Gasteiger partial charge is 0.461 e. The Bertz CT molecular complexity index is 282. The molecule has 0 aliphatic carbocycles. The number of hydrogen-bond donors (Lipinski definition) is 0. The topological polar surface area (TPSA) is 32.8 Å². The molecule has 0 unspecified atom stereocenters. The number of piperazine rings is 1. The molecular weight excluding hydrogens is 228 g/mol. The van der Waals surface area contributed by atoms with Crippen LogP contribution in [0.2, 0.25) is 0 Å². The molecule has 4 heteroatoms. The first-order valence-corrected chi connectivity index (χ1v) is 6.65. The second-order valence-corrected chi connectivity index (χ2v) is 5.67. The monoisotopic (exact) mass is 254 g/mol. The lowest BCUT2D eigenvalue weighted by Gasteiger charge is -2.34. The van der Waals surface area contributed by atoms with Gasteiger partial charge in [0.1, 0.15) is 6.61 Å². The average molecular weight is 254 g/mol. The highest BCUT2D eigenvalue weighted by Crippen LogP contribution is 2.23. The van der Waals surface area contributed by atoms with Crippen molar-refractivity contribution in [1.82, 2.24) is 9.80 Å². The minimum absolute atomic E-state index is 0.128. The zero-order chi connectivity index (χ0) is 13.6. The predicted octanol–water partition coefficient (Wildman–Crippen LogP) is 1.38. The number of esters is 1. The number of rotatable bonds is 6. The summed E-state index contributed by atoms with van der Waals surface area (Å²) in [4.78, 5) is 16.6. The first kappa shape index (κ1) is 15.2. The van der Waals surface area contributed by atoms with Crippen LogP contribution in [-0.4, -0.2) is 62.1 Å². The van der Waals surface area contributed by atoms with Gasteiger partial charge < -0.3 is 14.5 Å². The van der Waals surface area contributed by atoms with E-state index in [1.54, 1.807) is 6.08 Å². The summed E-state index contributed by atoms with van der Waals surface area (Å²) in [6.45, 7) is 13.1. The van der Waals surface area contributed by atoms with Crippen LogP contribution in [0.5, 0.6) is 0 Å². The standard InChI is InChI=1S/C14H26N2O2/c1-5-12-18-13(17)14(2,3)6-7-16-10-8-15(4)9-11-16/h5H,1,6-12H2,2-4H3. The molecule has 1 rings (SSSR count). The van der Waals surface area contributed by atoms with Gasteiger partial charge in [-0.15, -0.1) is 0 Å². The number of carbonyl (C=O) groups excluding carboxylic acids is 1. The van der Waals surface area contributed by atoms with E-state index in [0.717, 1.165) is 39.1 Å². The van der Waals surface area contributed by atoms with Crippen LogP contribution in [0.25, 0.3) is 0 Å². The molecule has 1 heterocycles. The van der Waals surface area contributed by atoms with E-state index in [2.05, 4.69) is 23.4 Å². The van der Waals surface area contributed by atoms with E-state index in [-0.39, 0.29) is 5.97 Å². The Morgan fingerprint density at radius 3 is 2.50 bits per heavy atom. The summed E-state index contributed by atoms with van der Waals surface area (Å²) < 4.78 is 5.13. The van der Waals surface area contributed by atoms with Crippen molar-refractivity contribution >= 4 is 5.97 Å². The molecule has 0 bridgehead atoms. The molecular formula is C14H26N2O2. The summed E-state index contributed by atoms with van der Waals surface area (Å²) in [6.07, 6.45) is 2.45. The normalized spacial score (nSPS) is 18.6. The Hall–Kier alpha value is -0.870. The molecule has 0 N–H and O–H groups in total. The molecule has 0 saturated carbocycles. The van der Waals surface area contributed by atoms with Gasteiger partial charge in [0.15, 0.2) is 0 Å². The van der Waals surface area contributed by atoms with E-state index in [0.29, 0.717) is 6.61 Å². The van der Waals surface area contributed by atoms with Gasteiger partial charge in [0.2, 0.25) is 0 Å². The quantitative estimate of drug-likeness (QED) is 0.529. The zero-order valence-electron chi connectivity index (χ0n) is 11.9. The lowest BCUT2D eigenvalue weighted by Crippen LogP contribution is -2.45. The number of carbonyl (C=O) groups is 1. The summed E-state index contributed by atoms with van der Waals surface area (Å²) in [6, 6.07) is 0. The maximum atomic E-state index is 11.9. The number of hydrogen-bond acceptors (Lipinski definition) is 4. The predicted molar refractivity (Wildman–Crippen MR) is 73.5 cm³/mol. The van der Waals surface area contributed by atoms with Crippen molar-refractivity contribution in [2.24, 2.45) is 5.41 Å². The second-order valence-electron chi connectivity index (χ2n) is 5.67. The Labute approximate surface area is 111 Å². The lowest BCUT2D eigenvalue weighted by molar-refractivity contribution is -0.153. The smallest absolute Gasteiger partial charge is 0.311 e. The van der Waals surface area contributed by atoms with E-state index in [4.69, 9.17) is 4.74 Å². The third-order valence-electron chi connectivity index (χ3n) is 3.53. The van der Waals surface area contributed by atoms with Crippen molar-refractivity contribution < 1.29 is 9.53 Å². The van der Waals surface area contributed by atoms with Gasteiger partial charge in [-0.1, -0.05) is 12.7 Å². The Morgan fingerprint density at radius 2 is 1.94 bits per heavy atom. The lowest BCUT2D eigenvalue weighted by atomic mass is 9.89. The van der Waals surface area contributed by atoms with E-state index in [9.17, 15) is 4.79 Å². The first-order chi connectivity index (χ1) is 8.45. The molecule has 1 aliphatic heterocycles. The number of likely N-dealkylation sites (N-methyl/N-ethyl adjacent to an activating group) is 1. The van der Waals surface area contributed by atoms with Crippen LogP contribution < -0.4 is 0 Å².